The van der Waals surface area contributed by atoms with Crippen LogP contribution in [0.3, 0.4) is 0 Å². The van der Waals surface area contributed by atoms with Gasteiger partial charge in [0, 0.05) is 37.9 Å². The molecule has 0 aromatic heterocycles. The van der Waals surface area contributed by atoms with Crippen LogP contribution in [0, 0.1) is 0 Å². The first-order valence-corrected chi connectivity index (χ1v) is 6.99. The molecule has 0 spiro atoms. The summed E-state index contributed by atoms with van der Waals surface area (Å²) in [4.78, 5) is 27.5. The van der Waals surface area contributed by atoms with Gasteiger partial charge >= 0.3 is 0 Å². The van der Waals surface area contributed by atoms with E-state index in [0.29, 0.717) is 18.7 Å². The third-order valence-electron chi connectivity index (χ3n) is 3.47. The minimum Gasteiger partial charge on any atom is -0.385 e. The van der Waals surface area contributed by atoms with Crippen molar-refractivity contribution in [3.05, 3.63) is 29.8 Å². The molecule has 5 nitrogen and oxygen atoms in total. The lowest BCUT2D eigenvalue weighted by Crippen LogP contribution is -2.38. The van der Waals surface area contributed by atoms with E-state index < -0.39 is 0 Å². The van der Waals surface area contributed by atoms with E-state index in [2.05, 4.69) is 5.32 Å². The molecule has 1 aliphatic heterocycles. The molecule has 108 valence electrons. The molecule has 1 aromatic rings. The average molecular weight is 275 g/mol. The highest BCUT2D eigenvalue weighted by molar-refractivity contribution is 5.96. The molecule has 0 saturated carbocycles. The molecule has 1 aliphatic rings. The van der Waals surface area contributed by atoms with Gasteiger partial charge in [-0.1, -0.05) is 0 Å². The second kappa shape index (κ2) is 6.41. The molecule has 20 heavy (non-hydrogen) atoms. The molecule has 2 amide bonds. The van der Waals surface area contributed by atoms with Crippen LogP contribution in [0.25, 0.3) is 0 Å². The summed E-state index contributed by atoms with van der Waals surface area (Å²) in [6.45, 7) is 4.38. The number of carbonyl (C=O) groups excluding carboxylic acids is 2. The van der Waals surface area contributed by atoms with Crippen molar-refractivity contribution in [2.24, 2.45) is 0 Å². The monoisotopic (exact) mass is 275 g/mol. The van der Waals surface area contributed by atoms with Gasteiger partial charge in [0.1, 0.15) is 6.54 Å². The first-order chi connectivity index (χ1) is 9.61. The van der Waals surface area contributed by atoms with Crippen LogP contribution in [0.15, 0.2) is 24.3 Å². The van der Waals surface area contributed by atoms with Gasteiger partial charge in [0.25, 0.3) is 5.91 Å². The molecule has 0 radical (unpaired) electrons. The van der Waals surface area contributed by atoms with Gasteiger partial charge < -0.3 is 15.1 Å². The quantitative estimate of drug-likeness (QED) is 0.907. The van der Waals surface area contributed by atoms with Crippen LogP contribution >= 0.6 is 0 Å². The molecule has 1 heterocycles. The molecule has 5 heteroatoms. The van der Waals surface area contributed by atoms with E-state index in [1.165, 1.54) is 0 Å². The molecular formula is C15H21N3O2. The highest BCUT2D eigenvalue weighted by atomic mass is 16.2. The number of hydrogen-bond acceptors (Lipinski definition) is 3. The molecule has 0 aliphatic carbocycles. The van der Waals surface area contributed by atoms with Crippen molar-refractivity contribution in [3.63, 3.8) is 0 Å². The number of carbonyl (C=O) groups is 2. The van der Waals surface area contributed by atoms with Gasteiger partial charge in [0.15, 0.2) is 0 Å². The lowest BCUT2D eigenvalue weighted by Gasteiger charge is -2.20. The van der Waals surface area contributed by atoms with Gasteiger partial charge in [-0.15, -0.1) is 0 Å². The zero-order chi connectivity index (χ0) is 14.5. The minimum atomic E-state index is -0.0725. The first kappa shape index (κ1) is 14.4. The van der Waals surface area contributed by atoms with E-state index in [1.54, 1.807) is 29.0 Å². The zero-order valence-electron chi connectivity index (χ0n) is 12.1. The Morgan fingerprint density at radius 3 is 2.60 bits per heavy atom. The number of nitrogens with zero attached hydrogens (tertiary/aromatic N) is 2. The van der Waals surface area contributed by atoms with Crippen molar-refractivity contribution in [3.8, 4) is 0 Å². The van der Waals surface area contributed by atoms with Crippen LogP contribution in [0.4, 0.5) is 5.69 Å². The average Bonchev–Trinajstić information content (AvgIpc) is 2.62. The van der Waals surface area contributed by atoms with Gasteiger partial charge in [0.05, 0.1) is 0 Å². The summed E-state index contributed by atoms with van der Waals surface area (Å²) in [5, 5.41) is 3.19. The Morgan fingerprint density at radius 2 is 1.95 bits per heavy atom. The molecule has 0 bridgehead atoms. The largest absolute Gasteiger partial charge is 0.385 e. The third-order valence-corrected chi connectivity index (χ3v) is 3.47. The number of benzene rings is 1. The SMILES string of the molecule is CCNc1ccc(C(=O)N2CCCN(C)C(=O)C2)cc1. The molecule has 1 fully saturated rings. The molecule has 2 rings (SSSR count). The Labute approximate surface area is 119 Å². The number of rotatable bonds is 3. The van der Waals surface area contributed by atoms with Crippen LogP contribution in [0.2, 0.25) is 0 Å². The number of anilines is 1. The van der Waals surface area contributed by atoms with Crippen molar-refractivity contribution >= 4 is 17.5 Å². The Balaban J connectivity index is 2.08. The Hall–Kier alpha value is -2.04. The third kappa shape index (κ3) is 3.29. The fourth-order valence-corrected chi connectivity index (χ4v) is 2.28. The summed E-state index contributed by atoms with van der Waals surface area (Å²) in [6.07, 6.45) is 0.823. The van der Waals surface area contributed by atoms with Gasteiger partial charge in [-0.3, -0.25) is 9.59 Å². The van der Waals surface area contributed by atoms with Crippen LogP contribution < -0.4 is 5.32 Å². The van der Waals surface area contributed by atoms with E-state index in [1.807, 2.05) is 19.1 Å². The number of nitrogens with one attached hydrogen (secondary N) is 1. The summed E-state index contributed by atoms with van der Waals surface area (Å²) in [5.74, 6) is -0.0724. The number of likely N-dealkylation sites (N-methyl/N-ethyl adjacent to an activating group) is 1. The second-order valence-electron chi connectivity index (χ2n) is 5.00. The lowest BCUT2D eigenvalue weighted by atomic mass is 10.1. The maximum atomic E-state index is 12.4. The predicted molar refractivity (Wildman–Crippen MR) is 78.8 cm³/mol. The topological polar surface area (TPSA) is 52.7 Å². The van der Waals surface area contributed by atoms with Crippen molar-refractivity contribution in [1.82, 2.24) is 9.80 Å². The summed E-state index contributed by atoms with van der Waals surface area (Å²) in [5.41, 5.74) is 1.62. The molecular weight excluding hydrogens is 254 g/mol. The highest BCUT2D eigenvalue weighted by Gasteiger charge is 2.23. The second-order valence-corrected chi connectivity index (χ2v) is 5.00. The fraction of sp³-hybridized carbons (Fsp3) is 0.467. The van der Waals surface area contributed by atoms with Crippen LogP contribution in [-0.2, 0) is 4.79 Å². The number of hydrogen-bond donors (Lipinski definition) is 1. The van der Waals surface area contributed by atoms with Crippen molar-refractivity contribution < 1.29 is 9.59 Å². The minimum absolute atomic E-state index is 0.000111. The van der Waals surface area contributed by atoms with Gasteiger partial charge in [0.2, 0.25) is 5.91 Å². The van der Waals surface area contributed by atoms with Crippen molar-refractivity contribution in [2.75, 3.05) is 38.5 Å². The zero-order valence-corrected chi connectivity index (χ0v) is 12.1. The van der Waals surface area contributed by atoms with E-state index in [4.69, 9.17) is 0 Å². The summed E-state index contributed by atoms with van der Waals surface area (Å²) < 4.78 is 0. The molecule has 0 atom stereocenters. The summed E-state index contributed by atoms with van der Waals surface area (Å²) in [6, 6.07) is 7.39. The van der Waals surface area contributed by atoms with E-state index in [9.17, 15) is 9.59 Å². The highest BCUT2D eigenvalue weighted by Crippen LogP contribution is 2.13. The fourth-order valence-electron chi connectivity index (χ4n) is 2.28. The first-order valence-electron chi connectivity index (χ1n) is 6.99. The van der Waals surface area contributed by atoms with Crippen LogP contribution in [-0.4, -0.2) is 54.8 Å². The summed E-state index contributed by atoms with van der Waals surface area (Å²) in [7, 11) is 1.78. The van der Waals surface area contributed by atoms with Gasteiger partial charge in [-0.2, -0.15) is 0 Å². The maximum absolute atomic E-state index is 12.4. The molecule has 1 N–H and O–H groups in total. The Morgan fingerprint density at radius 1 is 1.25 bits per heavy atom. The van der Waals surface area contributed by atoms with Crippen molar-refractivity contribution in [1.29, 1.82) is 0 Å². The smallest absolute Gasteiger partial charge is 0.254 e. The molecule has 1 saturated heterocycles. The summed E-state index contributed by atoms with van der Waals surface area (Å²) >= 11 is 0. The van der Waals surface area contributed by atoms with Gasteiger partial charge in [-0.25, -0.2) is 0 Å². The van der Waals surface area contributed by atoms with Crippen molar-refractivity contribution in [2.45, 2.75) is 13.3 Å². The van der Waals surface area contributed by atoms with E-state index in [-0.39, 0.29) is 18.4 Å². The van der Waals surface area contributed by atoms with E-state index in [0.717, 1.165) is 18.7 Å². The Bertz CT molecular complexity index is 484. The van der Waals surface area contributed by atoms with Crippen LogP contribution in [0.5, 0.6) is 0 Å². The van der Waals surface area contributed by atoms with Gasteiger partial charge in [-0.05, 0) is 37.6 Å². The lowest BCUT2D eigenvalue weighted by molar-refractivity contribution is -0.129. The molecule has 1 aromatic carbocycles. The normalized spacial score (nSPS) is 16.0. The van der Waals surface area contributed by atoms with E-state index >= 15 is 0 Å². The molecule has 0 unspecified atom stereocenters. The van der Waals surface area contributed by atoms with Crippen LogP contribution in [0.1, 0.15) is 23.7 Å². The standard InChI is InChI=1S/C15H21N3O2/c1-3-16-13-7-5-12(6-8-13)15(20)18-10-4-9-17(2)14(19)11-18/h5-8,16H,3-4,9-11H2,1-2H3. The maximum Gasteiger partial charge on any atom is 0.254 e. The number of amides is 2. The Kier molecular flexibility index (Phi) is 4.61. The predicted octanol–water partition coefficient (Wildman–Crippen LogP) is 1.42.